The summed E-state index contributed by atoms with van der Waals surface area (Å²) in [7, 11) is 0. The molecule has 1 atom stereocenters. The summed E-state index contributed by atoms with van der Waals surface area (Å²) in [5.41, 5.74) is 3.42. The predicted octanol–water partition coefficient (Wildman–Crippen LogP) is 3.49. The Morgan fingerprint density at radius 3 is 2.73 bits per heavy atom. The number of benzene rings is 1. The average Bonchev–Trinajstić information content (AvgIpc) is 2.79. The van der Waals surface area contributed by atoms with Crippen LogP contribution in [0.15, 0.2) is 60.9 Å². The number of nitrogens with one attached hydrogen (secondary N) is 1. The number of hydrogen-bond donors (Lipinski definition) is 1. The number of nitrogens with zero attached hydrogens (tertiary/aromatic N) is 4. The Bertz CT molecular complexity index is 977. The zero-order valence-electron chi connectivity index (χ0n) is 17.3. The Morgan fingerprint density at radius 1 is 1.13 bits per heavy atom. The van der Waals surface area contributed by atoms with Crippen molar-refractivity contribution in [2.45, 2.75) is 38.8 Å². The lowest BCUT2D eigenvalue weighted by molar-refractivity contribution is 0.0949. The number of likely N-dealkylation sites (tertiary alicyclic amines) is 1. The van der Waals surface area contributed by atoms with Crippen LogP contribution in [0.1, 0.15) is 51.9 Å². The number of aryl methyl sites for hydroxylation is 1. The number of carbonyl (C=O) groups is 1. The second-order valence-electron chi connectivity index (χ2n) is 7.79. The predicted molar refractivity (Wildman–Crippen MR) is 116 cm³/mol. The van der Waals surface area contributed by atoms with Gasteiger partial charge in [-0.25, -0.2) is 9.97 Å². The standard InChI is InChI=1S/C24H27N5O/c1-18-22(24(30)27-14-19-8-3-2-4-9-19)15-26-23(28-18)20-10-7-13-29(16-20)17-21-11-5-6-12-25-21/h2-6,8-9,11-12,15,20H,7,10,13-14,16-17H2,1H3,(H,27,30). The van der Waals surface area contributed by atoms with Crippen molar-refractivity contribution in [3.05, 3.63) is 89.3 Å². The maximum absolute atomic E-state index is 12.6. The van der Waals surface area contributed by atoms with Crippen LogP contribution in [0, 0.1) is 6.92 Å². The van der Waals surface area contributed by atoms with Gasteiger partial charge >= 0.3 is 0 Å². The monoisotopic (exact) mass is 401 g/mol. The van der Waals surface area contributed by atoms with Crippen LogP contribution in [0.5, 0.6) is 0 Å². The molecule has 1 fully saturated rings. The van der Waals surface area contributed by atoms with Crippen LogP contribution in [0.4, 0.5) is 0 Å². The van der Waals surface area contributed by atoms with E-state index in [0.29, 0.717) is 12.1 Å². The van der Waals surface area contributed by atoms with E-state index in [9.17, 15) is 4.79 Å². The molecule has 1 saturated heterocycles. The summed E-state index contributed by atoms with van der Waals surface area (Å²) in [4.78, 5) is 28.7. The van der Waals surface area contributed by atoms with Gasteiger partial charge in [-0.2, -0.15) is 0 Å². The van der Waals surface area contributed by atoms with Crippen molar-refractivity contribution in [1.82, 2.24) is 25.2 Å². The fraction of sp³-hybridized carbons (Fsp3) is 0.333. The molecule has 6 heteroatoms. The molecule has 0 radical (unpaired) electrons. The van der Waals surface area contributed by atoms with Gasteiger partial charge in [0.2, 0.25) is 0 Å². The molecule has 3 aromatic rings. The summed E-state index contributed by atoms with van der Waals surface area (Å²) in [6.07, 6.45) is 5.69. The van der Waals surface area contributed by atoms with Crippen molar-refractivity contribution in [2.24, 2.45) is 0 Å². The van der Waals surface area contributed by atoms with Gasteiger partial charge in [-0.15, -0.1) is 0 Å². The van der Waals surface area contributed by atoms with Crippen molar-refractivity contribution < 1.29 is 4.79 Å². The average molecular weight is 402 g/mol. The second-order valence-corrected chi connectivity index (χ2v) is 7.79. The van der Waals surface area contributed by atoms with Crippen molar-refractivity contribution in [2.75, 3.05) is 13.1 Å². The first-order chi connectivity index (χ1) is 14.7. The van der Waals surface area contributed by atoms with E-state index in [0.717, 1.165) is 55.3 Å². The first-order valence-corrected chi connectivity index (χ1v) is 10.5. The molecule has 0 bridgehead atoms. The molecule has 154 valence electrons. The van der Waals surface area contributed by atoms with Crippen LogP contribution in [0.2, 0.25) is 0 Å². The van der Waals surface area contributed by atoms with Crippen LogP contribution in [0.25, 0.3) is 0 Å². The molecule has 4 rings (SSSR count). The van der Waals surface area contributed by atoms with E-state index < -0.39 is 0 Å². The van der Waals surface area contributed by atoms with Crippen molar-refractivity contribution >= 4 is 5.91 Å². The number of pyridine rings is 1. The fourth-order valence-corrected chi connectivity index (χ4v) is 3.91. The van der Waals surface area contributed by atoms with E-state index in [1.54, 1.807) is 6.20 Å². The summed E-state index contributed by atoms with van der Waals surface area (Å²) in [5.74, 6) is 0.976. The number of carbonyl (C=O) groups excluding carboxylic acids is 1. The largest absolute Gasteiger partial charge is 0.348 e. The minimum Gasteiger partial charge on any atom is -0.348 e. The topological polar surface area (TPSA) is 71.0 Å². The SMILES string of the molecule is Cc1nc(C2CCCN(Cc3ccccn3)C2)ncc1C(=O)NCc1ccccc1. The highest BCUT2D eigenvalue weighted by Gasteiger charge is 2.24. The highest BCUT2D eigenvalue weighted by Crippen LogP contribution is 2.25. The molecule has 1 aliphatic rings. The number of rotatable bonds is 6. The van der Waals surface area contributed by atoms with Gasteiger partial charge in [0, 0.05) is 37.9 Å². The summed E-state index contributed by atoms with van der Waals surface area (Å²) < 4.78 is 0. The van der Waals surface area contributed by atoms with Crippen LogP contribution in [-0.4, -0.2) is 38.8 Å². The van der Waals surface area contributed by atoms with Gasteiger partial charge in [-0.05, 0) is 44.0 Å². The maximum atomic E-state index is 12.6. The lowest BCUT2D eigenvalue weighted by atomic mass is 9.96. The number of amides is 1. The smallest absolute Gasteiger partial charge is 0.254 e. The van der Waals surface area contributed by atoms with E-state index in [2.05, 4.69) is 26.3 Å². The molecule has 1 N–H and O–H groups in total. The van der Waals surface area contributed by atoms with Gasteiger partial charge in [-0.1, -0.05) is 36.4 Å². The molecule has 0 aliphatic carbocycles. The third-order valence-electron chi connectivity index (χ3n) is 5.52. The normalized spacial score (nSPS) is 16.9. The third kappa shape index (κ3) is 5.07. The van der Waals surface area contributed by atoms with Crippen LogP contribution in [-0.2, 0) is 13.1 Å². The van der Waals surface area contributed by atoms with Crippen molar-refractivity contribution in [3.63, 3.8) is 0 Å². The summed E-state index contributed by atoms with van der Waals surface area (Å²) in [6.45, 7) is 5.20. The molecule has 0 saturated carbocycles. The van der Waals surface area contributed by atoms with Gasteiger partial charge in [0.1, 0.15) is 5.82 Å². The minimum absolute atomic E-state index is 0.136. The molecular weight excluding hydrogens is 374 g/mol. The van der Waals surface area contributed by atoms with E-state index in [1.807, 2.05) is 55.6 Å². The zero-order valence-corrected chi connectivity index (χ0v) is 17.3. The van der Waals surface area contributed by atoms with Crippen LogP contribution in [0.3, 0.4) is 0 Å². The second kappa shape index (κ2) is 9.59. The highest BCUT2D eigenvalue weighted by molar-refractivity contribution is 5.94. The molecule has 1 aromatic carbocycles. The molecule has 6 nitrogen and oxygen atoms in total. The summed E-state index contributed by atoms with van der Waals surface area (Å²) in [5, 5.41) is 2.96. The molecule has 1 unspecified atom stereocenters. The quantitative estimate of drug-likeness (QED) is 0.685. The number of hydrogen-bond acceptors (Lipinski definition) is 5. The lowest BCUT2D eigenvalue weighted by Crippen LogP contribution is -2.35. The fourth-order valence-electron chi connectivity index (χ4n) is 3.91. The van der Waals surface area contributed by atoms with Crippen molar-refractivity contribution in [1.29, 1.82) is 0 Å². The molecular formula is C24H27N5O. The Labute approximate surface area is 177 Å². The third-order valence-corrected chi connectivity index (χ3v) is 5.52. The Kier molecular flexibility index (Phi) is 6.44. The van der Waals surface area contributed by atoms with Gasteiger partial charge in [-0.3, -0.25) is 14.7 Å². The highest BCUT2D eigenvalue weighted by atomic mass is 16.1. The van der Waals surface area contributed by atoms with Crippen LogP contribution >= 0.6 is 0 Å². The van der Waals surface area contributed by atoms with Crippen LogP contribution < -0.4 is 5.32 Å². The minimum atomic E-state index is -0.136. The summed E-state index contributed by atoms with van der Waals surface area (Å²) >= 11 is 0. The maximum Gasteiger partial charge on any atom is 0.254 e. The van der Waals surface area contributed by atoms with E-state index in [1.165, 1.54) is 0 Å². The molecule has 30 heavy (non-hydrogen) atoms. The number of piperidine rings is 1. The van der Waals surface area contributed by atoms with E-state index >= 15 is 0 Å². The Morgan fingerprint density at radius 2 is 1.97 bits per heavy atom. The molecule has 0 spiro atoms. The molecule has 2 aromatic heterocycles. The zero-order chi connectivity index (χ0) is 20.8. The van der Waals surface area contributed by atoms with Gasteiger partial charge < -0.3 is 5.32 Å². The summed E-state index contributed by atoms with van der Waals surface area (Å²) in [6, 6.07) is 15.9. The van der Waals surface area contributed by atoms with E-state index in [4.69, 9.17) is 4.98 Å². The first-order valence-electron chi connectivity index (χ1n) is 10.5. The van der Waals surface area contributed by atoms with Gasteiger partial charge in [0.15, 0.2) is 0 Å². The Balaban J connectivity index is 1.39. The first kappa shape index (κ1) is 20.2. The van der Waals surface area contributed by atoms with Gasteiger partial charge in [0.25, 0.3) is 5.91 Å². The lowest BCUT2D eigenvalue weighted by Gasteiger charge is -2.31. The molecule has 1 aliphatic heterocycles. The molecule has 3 heterocycles. The van der Waals surface area contributed by atoms with E-state index in [-0.39, 0.29) is 11.8 Å². The number of aromatic nitrogens is 3. The Hall–Kier alpha value is -3.12. The molecule has 1 amide bonds. The van der Waals surface area contributed by atoms with Gasteiger partial charge in [0.05, 0.1) is 17.0 Å². The van der Waals surface area contributed by atoms with Crippen molar-refractivity contribution in [3.8, 4) is 0 Å².